The highest BCUT2D eigenvalue weighted by Gasteiger charge is 2.19. The molecule has 78 valence electrons. The highest BCUT2D eigenvalue weighted by Crippen LogP contribution is 2.20. The van der Waals surface area contributed by atoms with Crippen molar-refractivity contribution in [2.45, 2.75) is 19.4 Å². The fourth-order valence-electron chi connectivity index (χ4n) is 1.33. The summed E-state index contributed by atoms with van der Waals surface area (Å²) in [4.78, 5) is 12.5. The fourth-order valence-corrected chi connectivity index (χ4v) is 1.33. The summed E-state index contributed by atoms with van der Waals surface area (Å²) in [5.41, 5.74) is 1.71. The molecule has 0 saturated heterocycles. The van der Waals surface area contributed by atoms with E-state index in [1.54, 1.807) is 0 Å². The first-order valence-corrected chi connectivity index (χ1v) is 4.41. The van der Waals surface area contributed by atoms with Crippen molar-refractivity contribution >= 4 is 5.97 Å². The van der Waals surface area contributed by atoms with Gasteiger partial charge in [0.1, 0.15) is 0 Å². The van der Waals surface area contributed by atoms with Crippen molar-refractivity contribution in [2.24, 2.45) is 0 Å². The quantitative estimate of drug-likeness (QED) is 0.749. The number of hydrogen-bond acceptors (Lipinski definition) is 3. The molecule has 0 aliphatic rings. The van der Waals surface area contributed by atoms with Gasteiger partial charge in [0.15, 0.2) is 0 Å². The zero-order chi connectivity index (χ0) is 10.7. The Labute approximate surface area is 82.7 Å². The average molecular weight is 197 g/mol. The summed E-state index contributed by atoms with van der Waals surface area (Å²) in [5, 5.41) is 15.6. The monoisotopic (exact) mass is 197 g/mol. The Morgan fingerprint density at radius 2 is 2.36 bits per heavy atom. The SMILES string of the molecule is Cc1cc(C(CC(=O)O)N(C)C)n[nH]1. The van der Waals surface area contributed by atoms with Gasteiger partial charge in [-0.05, 0) is 27.1 Å². The number of H-pyrrole nitrogens is 1. The number of hydrogen-bond donors (Lipinski definition) is 2. The van der Waals surface area contributed by atoms with E-state index in [0.29, 0.717) is 0 Å². The lowest BCUT2D eigenvalue weighted by Gasteiger charge is -2.20. The molecule has 0 saturated carbocycles. The molecule has 1 rings (SSSR count). The number of aromatic amines is 1. The van der Waals surface area contributed by atoms with Crippen molar-refractivity contribution in [3.05, 3.63) is 17.5 Å². The second-order valence-corrected chi connectivity index (χ2v) is 3.55. The summed E-state index contributed by atoms with van der Waals surface area (Å²) in [5.74, 6) is -0.815. The molecule has 0 amide bonds. The molecule has 0 bridgehead atoms. The van der Waals surface area contributed by atoms with Crippen LogP contribution in [0, 0.1) is 6.92 Å². The van der Waals surface area contributed by atoms with Crippen LogP contribution in [0.1, 0.15) is 23.9 Å². The van der Waals surface area contributed by atoms with Gasteiger partial charge in [0.25, 0.3) is 0 Å². The fraction of sp³-hybridized carbons (Fsp3) is 0.556. The number of rotatable bonds is 4. The van der Waals surface area contributed by atoms with E-state index in [-0.39, 0.29) is 12.5 Å². The van der Waals surface area contributed by atoms with Crippen LogP contribution >= 0.6 is 0 Å². The Morgan fingerprint density at radius 3 is 2.71 bits per heavy atom. The number of carboxylic acids is 1. The largest absolute Gasteiger partial charge is 0.481 e. The van der Waals surface area contributed by atoms with Crippen LogP contribution in [0.25, 0.3) is 0 Å². The van der Waals surface area contributed by atoms with Crippen LogP contribution in [0.4, 0.5) is 0 Å². The molecule has 14 heavy (non-hydrogen) atoms. The second kappa shape index (κ2) is 4.23. The lowest BCUT2D eigenvalue weighted by molar-refractivity contribution is -0.138. The van der Waals surface area contributed by atoms with Gasteiger partial charge >= 0.3 is 5.97 Å². The van der Waals surface area contributed by atoms with E-state index < -0.39 is 5.97 Å². The number of carbonyl (C=O) groups is 1. The molecule has 5 nitrogen and oxygen atoms in total. The Morgan fingerprint density at radius 1 is 1.71 bits per heavy atom. The molecular weight excluding hydrogens is 182 g/mol. The van der Waals surface area contributed by atoms with Crippen molar-refractivity contribution in [1.29, 1.82) is 0 Å². The molecule has 0 aromatic carbocycles. The second-order valence-electron chi connectivity index (χ2n) is 3.55. The average Bonchev–Trinajstić information content (AvgIpc) is 2.46. The molecule has 1 unspecified atom stereocenters. The first kappa shape index (κ1) is 10.7. The van der Waals surface area contributed by atoms with Gasteiger partial charge in [-0.2, -0.15) is 5.10 Å². The van der Waals surface area contributed by atoms with Crippen molar-refractivity contribution < 1.29 is 9.90 Å². The molecule has 0 aliphatic heterocycles. The molecule has 0 spiro atoms. The summed E-state index contributed by atoms with van der Waals surface area (Å²) in [7, 11) is 3.69. The van der Waals surface area contributed by atoms with Crippen molar-refractivity contribution in [3.63, 3.8) is 0 Å². The Hall–Kier alpha value is -1.36. The molecule has 1 aromatic rings. The predicted molar refractivity (Wildman–Crippen MR) is 52.0 cm³/mol. The normalized spacial score (nSPS) is 13.1. The van der Waals surface area contributed by atoms with Gasteiger partial charge in [0.2, 0.25) is 0 Å². The number of aliphatic carboxylic acids is 1. The van der Waals surface area contributed by atoms with Gasteiger partial charge < -0.3 is 10.0 Å². The highest BCUT2D eigenvalue weighted by atomic mass is 16.4. The van der Waals surface area contributed by atoms with Crippen molar-refractivity contribution in [2.75, 3.05) is 14.1 Å². The van der Waals surface area contributed by atoms with Gasteiger partial charge in [-0.3, -0.25) is 9.89 Å². The van der Waals surface area contributed by atoms with Crippen LogP contribution in [-0.2, 0) is 4.79 Å². The van der Waals surface area contributed by atoms with Gasteiger partial charge in [0, 0.05) is 5.69 Å². The first-order chi connectivity index (χ1) is 6.50. The zero-order valence-corrected chi connectivity index (χ0v) is 8.61. The van der Waals surface area contributed by atoms with E-state index in [1.807, 2.05) is 32.0 Å². The van der Waals surface area contributed by atoms with Gasteiger partial charge in [0.05, 0.1) is 18.2 Å². The summed E-state index contributed by atoms with van der Waals surface area (Å²) in [6, 6.07) is 1.70. The molecule has 1 atom stereocenters. The number of nitrogens with one attached hydrogen (secondary N) is 1. The van der Waals surface area contributed by atoms with Gasteiger partial charge in [-0.15, -0.1) is 0 Å². The summed E-state index contributed by atoms with van der Waals surface area (Å²) < 4.78 is 0. The predicted octanol–water partition coefficient (Wildman–Crippen LogP) is 0.796. The summed E-state index contributed by atoms with van der Waals surface area (Å²) in [6.45, 7) is 1.89. The standard InChI is InChI=1S/C9H15N3O2/c1-6-4-7(11-10-6)8(12(2)3)5-9(13)14/h4,8H,5H2,1-3H3,(H,10,11)(H,13,14). The third-order valence-electron chi connectivity index (χ3n) is 2.06. The van der Waals surface area contributed by atoms with Gasteiger partial charge in [-0.25, -0.2) is 0 Å². The van der Waals surface area contributed by atoms with E-state index in [4.69, 9.17) is 5.11 Å². The van der Waals surface area contributed by atoms with Crippen LogP contribution in [0.2, 0.25) is 0 Å². The van der Waals surface area contributed by atoms with Crippen LogP contribution in [0.15, 0.2) is 6.07 Å². The third-order valence-corrected chi connectivity index (χ3v) is 2.06. The van der Waals surface area contributed by atoms with Gasteiger partial charge in [-0.1, -0.05) is 0 Å². The molecule has 0 aliphatic carbocycles. The van der Waals surface area contributed by atoms with Crippen LogP contribution in [0.5, 0.6) is 0 Å². The van der Waals surface area contributed by atoms with Crippen molar-refractivity contribution in [1.82, 2.24) is 15.1 Å². The molecule has 5 heteroatoms. The number of carboxylic acid groups (broad SMARTS) is 1. The maximum atomic E-state index is 10.6. The van der Waals surface area contributed by atoms with E-state index in [2.05, 4.69) is 10.2 Å². The third kappa shape index (κ3) is 2.56. The topological polar surface area (TPSA) is 69.2 Å². The molecule has 0 fully saturated rings. The maximum Gasteiger partial charge on any atom is 0.305 e. The smallest absolute Gasteiger partial charge is 0.305 e. The van der Waals surface area contributed by atoms with E-state index in [1.165, 1.54) is 0 Å². The number of aryl methyl sites for hydroxylation is 1. The Bertz CT molecular complexity index is 320. The lowest BCUT2D eigenvalue weighted by Crippen LogP contribution is -2.23. The van der Waals surface area contributed by atoms with E-state index in [9.17, 15) is 4.79 Å². The molecule has 0 radical (unpaired) electrons. The summed E-state index contributed by atoms with van der Waals surface area (Å²) >= 11 is 0. The van der Waals surface area contributed by atoms with Crippen LogP contribution in [-0.4, -0.2) is 40.3 Å². The minimum Gasteiger partial charge on any atom is -0.481 e. The highest BCUT2D eigenvalue weighted by molar-refractivity contribution is 5.67. The van der Waals surface area contributed by atoms with E-state index in [0.717, 1.165) is 11.4 Å². The van der Waals surface area contributed by atoms with E-state index >= 15 is 0 Å². The van der Waals surface area contributed by atoms with Crippen molar-refractivity contribution in [3.8, 4) is 0 Å². The summed E-state index contributed by atoms with van der Waals surface area (Å²) in [6.07, 6.45) is 0.0668. The number of nitrogens with zero attached hydrogens (tertiary/aromatic N) is 2. The Kier molecular flexibility index (Phi) is 3.24. The number of aromatic nitrogens is 2. The molecule has 1 aromatic heterocycles. The maximum absolute atomic E-state index is 10.6. The molecule has 1 heterocycles. The lowest BCUT2D eigenvalue weighted by atomic mass is 10.1. The zero-order valence-electron chi connectivity index (χ0n) is 8.61. The molecule has 2 N–H and O–H groups in total. The van der Waals surface area contributed by atoms with Crippen LogP contribution < -0.4 is 0 Å². The molecular formula is C9H15N3O2. The Balaban J connectivity index is 2.82. The first-order valence-electron chi connectivity index (χ1n) is 4.41. The minimum absolute atomic E-state index is 0.0668. The minimum atomic E-state index is -0.815. The van der Waals surface area contributed by atoms with Crippen LogP contribution in [0.3, 0.4) is 0 Å².